The van der Waals surface area contributed by atoms with Crippen molar-refractivity contribution >= 4 is 45.7 Å². The summed E-state index contributed by atoms with van der Waals surface area (Å²) in [5.74, 6) is 0.690. The van der Waals surface area contributed by atoms with E-state index in [2.05, 4.69) is 37.3 Å². The van der Waals surface area contributed by atoms with Gasteiger partial charge in [-0.25, -0.2) is 4.98 Å². The number of aromatic nitrogens is 3. The molecule has 0 unspecified atom stereocenters. The van der Waals surface area contributed by atoms with Gasteiger partial charge in [-0.15, -0.1) is 0 Å². The smallest absolute Gasteiger partial charge is 0.157 e. The minimum atomic E-state index is 0.490. The van der Waals surface area contributed by atoms with Crippen molar-refractivity contribution in [2.24, 2.45) is 4.99 Å². The van der Waals surface area contributed by atoms with E-state index < -0.39 is 0 Å². The summed E-state index contributed by atoms with van der Waals surface area (Å²) in [4.78, 5) is 15.8. The van der Waals surface area contributed by atoms with Crippen molar-refractivity contribution in [1.29, 1.82) is 0 Å². The summed E-state index contributed by atoms with van der Waals surface area (Å²) >= 11 is 10.7. The van der Waals surface area contributed by atoms with Crippen LogP contribution < -0.4 is 0 Å². The van der Waals surface area contributed by atoms with E-state index in [1.54, 1.807) is 18.3 Å². The van der Waals surface area contributed by atoms with E-state index in [-0.39, 0.29) is 0 Å². The number of pyridine rings is 1. The lowest BCUT2D eigenvalue weighted by Crippen LogP contribution is -1.82. The molecule has 0 fully saturated rings. The summed E-state index contributed by atoms with van der Waals surface area (Å²) in [5.41, 5.74) is 2.93. The highest BCUT2D eigenvalue weighted by molar-refractivity contribution is 7.78. The van der Waals surface area contributed by atoms with Gasteiger partial charge in [0, 0.05) is 6.20 Å². The molecule has 1 N–H and O–H groups in total. The Morgan fingerprint density at radius 1 is 1.32 bits per heavy atom. The molecule has 0 bridgehead atoms. The molecule has 0 radical (unpaired) electrons. The average molecular weight is 287 g/mol. The van der Waals surface area contributed by atoms with E-state index in [4.69, 9.17) is 11.6 Å². The molecule has 0 amide bonds. The van der Waals surface area contributed by atoms with Crippen molar-refractivity contribution in [2.75, 3.05) is 0 Å². The van der Waals surface area contributed by atoms with Gasteiger partial charge in [-0.05, 0) is 36.5 Å². The molecule has 4 nitrogen and oxygen atoms in total. The van der Waals surface area contributed by atoms with Crippen LogP contribution in [0, 0.1) is 0 Å². The third kappa shape index (κ3) is 2.27. The zero-order valence-electron chi connectivity index (χ0n) is 9.59. The first-order chi connectivity index (χ1) is 9.28. The van der Waals surface area contributed by atoms with Crippen LogP contribution in [0.3, 0.4) is 0 Å². The molecule has 0 aliphatic rings. The molecule has 0 aliphatic carbocycles. The van der Waals surface area contributed by atoms with Gasteiger partial charge in [0.25, 0.3) is 0 Å². The minimum Gasteiger partial charge on any atom is -0.337 e. The SMILES string of the molecule is S=C=Nc1cc2[nH]c(-c3ccccn3)nc2cc1Cl. The molecule has 0 saturated heterocycles. The summed E-state index contributed by atoms with van der Waals surface area (Å²) in [6.07, 6.45) is 1.72. The van der Waals surface area contributed by atoms with Gasteiger partial charge < -0.3 is 4.98 Å². The van der Waals surface area contributed by atoms with Crippen molar-refractivity contribution in [3.05, 3.63) is 41.6 Å². The van der Waals surface area contributed by atoms with Crippen LogP contribution in [0.15, 0.2) is 41.5 Å². The molecule has 3 rings (SSSR count). The van der Waals surface area contributed by atoms with Crippen LogP contribution >= 0.6 is 23.8 Å². The van der Waals surface area contributed by atoms with Crippen LogP contribution in [0.2, 0.25) is 5.02 Å². The molecular weight excluding hydrogens is 280 g/mol. The third-order valence-corrected chi connectivity index (χ3v) is 3.02. The highest BCUT2D eigenvalue weighted by atomic mass is 35.5. The second-order valence-electron chi connectivity index (χ2n) is 3.82. The summed E-state index contributed by atoms with van der Waals surface area (Å²) in [7, 11) is 0. The lowest BCUT2D eigenvalue weighted by Gasteiger charge is -1.95. The molecular formula is C13H7ClN4S. The number of rotatable bonds is 2. The normalized spacial score (nSPS) is 10.4. The molecule has 2 aromatic heterocycles. The van der Waals surface area contributed by atoms with Gasteiger partial charge in [-0.1, -0.05) is 17.7 Å². The second-order valence-corrected chi connectivity index (χ2v) is 4.41. The van der Waals surface area contributed by atoms with E-state index >= 15 is 0 Å². The maximum absolute atomic E-state index is 6.09. The number of H-pyrrole nitrogens is 1. The van der Waals surface area contributed by atoms with E-state index in [0.717, 1.165) is 16.7 Å². The second kappa shape index (κ2) is 4.90. The topological polar surface area (TPSA) is 53.9 Å². The quantitative estimate of drug-likeness (QED) is 0.572. The Bertz CT molecular complexity index is 791. The number of thiocarbonyl (C=S) groups is 1. The van der Waals surface area contributed by atoms with E-state index in [1.165, 1.54) is 0 Å². The molecule has 0 spiro atoms. The summed E-state index contributed by atoms with van der Waals surface area (Å²) < 4.78 is 0. The largest absolute Gasteiger partial charge is 0.337 e. The van der Waals surface area contributed by atoms with Crippen LogP contribution in [0.4, 0.5) is 5.69 Å². The van der Waals surface area contributed by atoms with E-state index in [0.29, 0.717) is 16.5 Å². The molecule has 0 aliphatic heterocycles. The number of benzene rings is 1. The maximum atomic E-state index is 6.09. The summed E-state index contributed by atoms with van der Waals surface area (Å²) in [6, 6.07) is 9.18. The Morgan fingerprint density at radius 3 is 2.95 bits per heavy atom. The number of isothiocyanates is 1. The third-order valence-electron chi connectivity index (χ3n) is 2.62. The van der Waals surface area contributed by atoms with Crippen molar-refractivity contribution in [3.63, 3.8) is 0 Å². The monoisotopic (exact) mass is 286 g/mol. The van der Waals surface area contributed by atoms with E-state index in [1.807, 2.05) is 18.2 Å². The highest BCUT2D eigenvalue weighted by Gasteiger charge is 2.09. The summed E-state index contributed by atoms with van der Waals surface area (Å²) in [6.45, 7) is 0. The fourth-order valence-corrected chi connectivity index (χ4v) is 2.08. The first kappa shape index (κ1) is 12.0. The maximum Gasteiger partial charge on any atom is 0.157 e. The van der Waals surface area contributed by atoms with Gasteiger partial charge in [0.1, 0.15) is 5.69 Å². The predicted octanol–water partition coefficient (Wildman–Crippen LogP) is 4.01. The standard InChI is InChI=1S/C13H7ClN4S/c14-8-5-11-12(6-10(8)16-7-19)18-13(17-11)9-3-1-2-4-15-9/h1-6H,(H,17,18). The number of imidazole rings is 1. The van der Waals surface area contributed by atoms with Crippen LogP contribution in [-0.4, -0.2) is 20.1 Å². The zero-order valence-corrected chi connectivity index (χ0v) is 11.2. The van der Waals surface area contributed by atoms with Gasteiger partial charge in [-0.3, -0.25) is 4.98 Å². The van der Waals surface area contributed by atoms with Crippen molar-refractivity contribution < 1.29 is 0 Å². The fourth-order valence-electron chi connectivity index (χ4n) is 1.78. The van der Waals surface area contributed by atoms with Gasteiger partial charge >= 0.3 is 0 Å². The molecule has 0 atom stereocenters. The van der Waals surface area contributed by atoms with Crippen molar-refractivity contribution in [1.82, 2.24) is 15.0 Å². The van der Waals surface area contributed by atoms with Gasteiger partial charge in [0.05, 0.1) is 26.9 Å². The van der Waals surface area contributed by atoms with Crippen LogP contribution in [0.25, 0.3) is 22.6 Å². The van der Waals surface area contributed by atoms with Gasteiger partial charge in [-0.2, -0.15) is 4.99 Å². The van der Waals surface area contributed by atoms with Crippen LogP contribution in [0.1, 0.15) is 0 Å². The Hall–Kier alpha value is -2.07. The lowest BCUT2D eigenvalue weighted by atomic mass is 10.3. The predicted molar refractivity (Wildman–Crippen MR) is 79.0 cm³/mol. The fraction of sp³-hybridized carbons (Fsp3) is 0. The number of fused-ring (bicyclic) bond motifs is 1. The number of hydrogen-bond acceptors (Lipinski definition) is 4. The number of nitrogens with one attached hydrogen (secondary N) is 1. The van der Waals surface area contributed by atoms with Gasteiger partial charge in [0.2, 0.25) is 0 Å². The number of hydrogen-bond donors (Lipinski definition) is 1. The van der Waals surface area contributed by atoms with Crippen molar-refractivity contribution in [3.8, 4) is 11.5 Å². The molecule has 92 valence electrons. The highest BCUT2D eigenvalue weighted by Crippen LogP contribution is 2.30. The Labute approximate surface area is 119 Å². The number of aliphatic imine (C=N–C) groups is 1. The average Bonchev–Trinajstić information content (AvgIpc) is 2.83. The Morgan fingerprint density at radius 2 is 2.21 bits per heavy atom. The molecule has 2 heterocycles. The summed E-state index contributed by atoms with van der Waals surface area (Å²) in [5, 5.41) is 2.79. The molecule has 3 aromatic rings. The zero-order chi connectivity index (χ0) is 13.2. The molecule has 19 heavy (non-hydrogen) atoms. The molecule has 0 saturated carbocycles. The first-order valence-corrected chi connectivity index (χ1v) is 6.25. The van der Waals surface area contributed by atoms with Gasteiger partial charge in [0.15, 0.2) is 5.82 Å². The lowest BCUT2D eigenvalue weighted by molar-refractivity contribution is 1.24. The number of nitrogens with zero attached hydrogens (tertiary/aromatic N) is 3. The number of aromatic amines is 1. The van der Waals surface area contributed by atoms with Crippen molar-refractivity contribution in [2.45, 2.75) is 0 Å². The first-order valence-electron chi connectivity index (χ1n) is 5.46. The molecule has 6 heteroatoms. The molecule has 1 aromatic carbocycles. The minimum absolute atomic E-state index is 0.490. The Kier molecular flexibility index (Phi) is 3.09. The van der Waals surface area contributed by atoms with Crippen LogP contribution in [0.5, 0.6) is 0 Å². The Balaban J connectivity index is 2.19. The van der Waals surface area contributed by atoms with Crippen LogP contribution in [-0.2, 0) is 0 Å². The number of halogens is 1. The van der Waals surface area contributed by atoms with E-state index in [9.17, 15) is 0 Å².